The Morgan fingerprint density at radius 3 is 2.86 bits per heavy atom. The van der Waals surface area contributed by atoms with Crippen molar-refractivity contribution >= 4 is 0 Å². The van der Waals surface area contributed by atoms with Gasteiger partial charge in [0.2, 0.25) is 0 Å². The smallest absolute Gasteiger partial charge is 0.165 e. The van der Waals surface area contributed by atoms with Gasteiger partial charge in [0.25, 0.3) is 0 Å². The van der Waals surface area contributed by atoms with Crippen LogP contribution < -0.4 is 15.6 Å². The minimum absolute atomic E-state index is 0. The van der Waals surface area contributed by atoms with Crippen molar-refractivity contribution in [2.45, 2.75) is 50.7 Å². The molecule has 0 aromatic heterocycles. The van der Waals surface area contributed by atoms with Crippen LogP contribution in [0.5, 0.6) is 11.5 Å². The van der Waals surface area contributed by atoms with Crippen LogP contribution in [0.15, 0.2) is 24.3 Å². The minimum atomic E-state index is -0.393. The molecule has 0 spiro atoms. The fourth-order valence-electron chi connectivity index (χ4n) is 3.24. The maximum absolute atomic E-state index is 9.77. The van der Waals surface area contributed by atoms with Crippen molar-refractivity contribution in [3.63, 3.8) is 0 Å². The Bertz CT molecular complexity index is 527. The lowest BCUT2D eigenvalue weighted by molar-refractivity contribution is 0.117. The lowest BCUT2D eigenvalue weighted by atomic mass is 9.84. The minimum Gasteiger partial charge on any atom is -0.493 e. The molecular weight excluding hydrogens is 266 g/mol. The van der Waals surface area contributed by atoms with Crippen LogP contribution in [0.3, 0.4) is 0 Å². The van der Waals surface area contributed by atoms with Crippen molar-refractivity contribution in [1.82, 2.24) is 6.15 Å². The Labute approximate surface area is 126 Å². The normalized spacial score (nSPS) is 25.6. The zero-order valence-corrected chi connectivity index (χ0v) is 12.8. The van der Waals surface area contributed by atoms with Crippen LogP contribution in [0.25, 0.3) is 0 Å². The second kappa shape index (κ2) is 6.50. The summed E-state index contributed by atoms with van der Waals surface area (Å²) in [5.41, 5.74) is 2.63. The number of aryl methyl sites for hydroxylation is 1. The maximum atomic E-state index is 9.77. The van der Waals surface area contributed by atoms with Gasteiger partial charge in [-0.3, -0.25) is 0 Å². The van der Waals surface area contributed by atoms with Gasteiger partial charge in [-0.05, 0) is 24.5 Å². The molecule has 0 saturated heterocycles. The summed E-state index contributed by atoms with van der Waals surface area (Å²) in [6.45, 7) is 2.21. The van der Waals surface area contributed by atoms with E-state index in [1.54, 1.807) is 7.11 Å². The monoisotopic (exact) mass is 291 g/mol. The lowest BCUT2D eigenvalue weighted by Crippen LogP contribution is -2.27. The summed E-state index contributed by atoms with van der Waals surface area (Å²) in [7, 11) is 1.68. The molecule has 21 heavy (non-hydrogen) atoms. The first-order chi connectivity index (χ1) is 9.74. The number of methoxy groups -OCH3 is 1. The van der Waals surface area contributed by atoms with E-state index in [1.807, 2.05) is 12.1 Å². The van der Waals surface area contributed by atoms with Crippen molar-refractivity contribution in [2.24, 2.45) is 0 Å². The summed E-state index contributed by atoms with van der Waals surface area (Å²) in [5.74, 6) is 1.95. The predicted octanol–water partition coefficient (Wildman–Crippen LogP) is 3.37. The van der Waals surface area contributed by atoms with Crippen molar-refractivity contribution < 1.29 is 14.6 Å². The van der Waals surface area contributed by atoms with Crippen molar-refractivity contribution in [3.05, 3.63) is 35.4 Å². The fourth-order valence-corrected chi connectivity index (χ4v) is 3.24. The van der Waals surface area contributed by atoms with Gasteiger partial charge in [0.15, 0.2) is 11.5 Å². The van der Waals surface area contributed by atoms with E-state index < -0.39 is 6.10 Å². The summed E-state index contributed by atoms with van der Waals surface area (Å²) in [6, 6.07) is 4.17. The highest BCUT2D eigenvalue weighted by Crippen LogP contribution is 2.49. The Kier molecular flexibility index (Phi) is 4.91. The first-order valence-corrected chi connectivity index (χ1v) is 7.47. The number of fused-ring (bicyclic) bond motifs is 3. The quantitative estimate of drug-likeness (QED) is 0.834. The maximum Gasteiger partial charge on any atom is 0.165 e. The summed E-state index contributed by atoms with van der Waals surface area (Å²) < 4.78 is 11.5. The van der Waals surface area contributed by atoms with Gasteiger partial charge in [0.1, 0.15) is 6.10 Å². The second-order valence-electron chi connectivity index (χ2n) is 5.64. The van der Waals surface area contributed by atoms with Gasteiger partial charge in [-0.25, -0.2) is 0 Å². The summed E-state index contributed by atoms with van der Waals surface area (Å²) in [4.78, 5) is 0. The van der Waals surface area contributed by atoms with Crippen LogP contribution in [-0.4, -0.2) is 24.4 Å². The lowest BCUT2D eigenvalue weighted by Gasteiger charge is -2.23. The summed E-state index contributed by atoms with van der Waals surface area (Å²) in [6.07, 6.45) is 7.74. The van der Waals surface area contributed by atoms with Crippen LogP contribution in [-0.2, 0) is 6.42 Å². The Morgan fingerprint density at radius 1 is 1.33 bits per heavy atom. The molecule has 0 saturated carbocycles. The third-order valence-electron chi connectivity index (χ3n) is 4.29. The van der Waals surface area contributed by atoms with Gasteiger partial charge >= 0.3 is 0 Å². The van der Waals surface area contributed by atoms with E-state index in [-0.39, 0.29) is 18.2 Å². The van der Waals surface area contributed by atoms with E-state index in [0.717, 1.165) is 17.9 Å². The zero-order chi connectivity index (χ0) is 14.1. The van der Waals surface area contributed by atoms with E-state index in [4.69, 9.17) is 9.47 Å². The number of unbranched alkanes of at least 4 members (excludes halogenated alkanes) is 1. The average molecular weight is 291 g/mol. The van der Waals surface area contributed by atoms with Crippen LogP contribution in [0.1, 0.15) is 43.2 Å². The van der Waals surface area contributed by atoms with E-state index in [0.29, 0.717) is 6.42 Å². The van der Waals surface area contributed by atoms with E-state index in [2.05, 4.69) is 19.1 Å². The molecule has 2 aliphatic rings. The highest BCUT2D eigenvalue weighted by Gasteiger charge is 2.39. The molecule has 1 aromatic carbocycles. The molecule has 0 radical (unpaired) electrons. The molecule has 116 valence electrons. The first kappa shape index (κ1) is 15.9. The Hall–Kier alpha value is -1.52. The Balaban J connectivity index is 0.00000161. The number of aliphatic hydroxyl groups is 1. The van der Waals surface area contributed by atoms with Crippen LogP contribution in [0.2, 0.25) is 0 Å². The van der Waals surface area contributed by atoms with Crippen LogP contribution in [0, 0.1) is 0 Å². The molecule has 1 unspecified atom stereocenters. The van der Waals surface area contributed by atoms with E-state index in [9.17, 15) is 5.11 Å². The number of benzene rings is 1. The SMILES string of the molecule is CCCCc1ccc(OC)c2c1C1C=C[C@@H](O)C[C@@H]1O2.N. The predicted molar refractivity (Wildman–Crippen MR) is 83.5 cm³/mol. The van der Waals surface area contributed by atoms with Gasteiger partial charge in [-0.1, -0.05) is 31.6 Å². The number of rotatable bonds is 4. The molecule has 4 heteroatoms. The average Bonchev–Trinajstić information content (AvgIpc) is 2.83. The van der Waals surface area contributed by atoms with E-state index >= 15 is 0 Å². The van der Waals surface area contributed by atoms with Gasteiger partial charge in [0, 0.05) is 17.9 Å². The van der Waals surface area contributed by atoms with Crippen LogP contribution in [0.4, 0.5) is 0 Å². The van der Waals surface area contributed by atoms with Gasteiger partial charge in [-0.15, -0.1) is 0 Å². The van der Waals surface area contributed by atoms with Crippen LogP contribution >= 0.6 is 0 Å². The third-order valence-corrected chi connectivity index (χ3v) is 4.29. The molecule has 3 rings (SSSR count). The van der Waals surface area contributed by atoms with Gasteiger partial charge in [0.05, 0.1) is 13.2 Å². The molecule has 3 atom stereocenters. The van der Waals surface area contributed by atoms with E-state index in [1.165, 1.54) is 24.0 Å². The Morgan fingerprint density at radius 2 is 2.14 bits per heavy atom. The second-order valence-corrected chi connectivity index (χ2v) is 5.64. The van der Waals surface area contributed by atoms with Crippen molar-refractivity contribution in [2.75, 3.05) is 7.11 Å². The molecule has 1 heterocycles. The topological polar surface area (TPSA) is 73.7 Å². The molecule has 0 bridgehead atoms. The molecule has 4 N–H and O–H groups in total. The molecule has 1 aliphatic carbocycles. The number of ether oxygens (including phenoxy) is 2. The molecule has 0 amide bonds. The molecule has 1 aromatic rings. The highest BCUT2D eigenvalue weighted by atomic mass is 16.5. The number of hydrogen-bond donors (Lipinski definition) is 2. The summed E-state index contributed by atoms with van der Waals surface area (Å²) >= 11 is 0. The number of hydrogen-bond acceptors (Lipinski definition) is 4. The number of aliphatic hydroxyl groups excluding tert-OH is 1. The zero-order valence-electron chi connectivity index (χ0n) is 12.8. The molecule has 0 fully saturated rings. The van der Waals surface area contributed by atoms with Gasteiger partial charge < -0.3 is 20.7 Å². The fraction of sp³-hybridized carbons (Fsp3) is 0.529. The van der Waals surface area contributed by atoms with Crippen molar-refractivity contribution in [3.8, 4) is 11.5 Å². The van der Waals surface area contributed by atoms with Gasteiger partial charge in [-0.2, -0.15) is 0 Å². The highest BCUT2D eigenvalue weighted by molar-refractivity contribution is 5.57. The largest absolute Gasteiger partial charge is 0.493 e. The molecular formula is C17H25NO3. The standard InChI is InChI=1S/C17H22O3.H3N/c1-3-4-5-11-6-9-14(19-2)17-16(11)13-8-7-12(18)10-15(13)20-17;/h6-9,12-13,15,18H,3-5,10H2,1-2H3;1H3/t12-,13?,15+;/m1./s1. The molecule has 4 nitrogen and oxygen atoms in total. The molecule has 1 aliphatic heterocycles. The summed E-state index contributed by atoms with van der Waals surface area (Å²) in [5, 5.41) is 9.77. The first-order valence-electron chi connectivity index (χ1n) is 7.47. The van der Waals surface area contributed by atoms with Crippen molar-refractivity contribution in [1.29, 1.82) is 0 Å². The third kappa shape index (κ3) is 2.78.